The lowest BCUT2D eigenvalue weighted by molar-refractivity contribution is -0.133. The Balaban J connectivity index is 1.27. The van der Waals surface area contributed by atoms with Crippen LogP contribution in [0.3, 0.4) is 0 Å². The quantitative estimate of drug-likeness (QED) is 0.374. The van der Waals surface area contributed by atoms with Crippen molar-refractivity contribution in [2.24, 2.45) is 5.92 Å². The SMILES string of the molecule is COc1ncc(-c2cc(CN3CC(F)(F)C3)c3c(N)ncnn23)cc1C(=O)N[C@@H]1CN(S(=O)(=O)CC2CC2)C[C@@H]1F. The van der Waals surface area contributed by atoms with Crippen LogP contribution in [-0.4, -0.2) is 100 Å². The van der Waals surface area contributed by atoms with Crippen molar-refractivity contribution >= 4 is 27.3 Å². The van der Waals surface area contributed by atoms with Gasteiger partial charge in [-0.25, -0.2) is 36.1 Å². The predicted molar refractivity (Wildman–Crippen MR) is 142 cm³/mol. The summed E-state index contributed by atoms with van der Waals surface area (Å²) in [5.41, 5.74) is 8.08. The number of likely N-dealkylation sites (tertiary alicyclic amines) is 1. The van der Waals surface area contributed by atoms with Crippen molar-refractivity contribution in [1.29, 1.82) is 0 Å². The van der Waals surface area contributed by atoms with Gasteiger partial charge in [0.1, 0.15) is 23.6 Å². The number of ether oxygens (including phenoxy) is 1. The fraction of sp³-hybridized carbons (Fsp3) is 0.520. The minimum atomic E-state index is -3.62. The molecule has 0 radical (unpaired) electrons. The second-order valence-electron chi connectivity index (χ2n) is 10.9. The topological polar surface area (TPSA) is 148 Å². The number of nitrogens with zero attached hydrogens (tertiary/aromatic N) is 6. The maximum Gasteiger partial charge on any atom is 0.272 e. The van der Waals surface area contributed by atoms with E-state index in [1.165, 1.54) is 30.2 Å². The van der Waals surface area contributed by atoms with Crippen LogP contribution in [0, 0.1) is 5.92 Å². The average molecular weight is 595 g/mol. The lowest BCUT2D eigenvalue weighted by atomic mass is 10.1. The molecule has 1 amide bonds. The first-order chi connectivity index (χ1) is 19.4. The number of pyridine rings is 1. The molecule has 220 valence electrons. The number of hydrogen-bond acceptors (Lipinski definition) is 9. The van der Waals surface area contributed by atoms with Crippen molar-refractivity contribution in [2.45, 2.75) is 37.5 Å². The first-order valence-electron chi connectivity index (χ1n) is 13.1. The minimum absolute atomic E-state index is 0.00241. The molecule has 41 heavy (non-hydrogen) atoms. The summed E-state index contributed by atoms with van der Waals surface area (Å²) in [5.74, 6) is -3.19. The number of sulfonamides is 1. The Hall–Kier alpha value is -3.50. The average Bonchev–Trinajstić information content (AvgIpc) is 3.51. The fourth-order valence-electron chi connectivity index (χ4n) is 5.38. The van der Waals surface area contributed by atoms with E-state index in [0.29, 0.717) is 22.3 Å². The zero-order valence-corrected chi connectivity index (χ0v) is 23.0. The Morgan fingerprint density at radius 2 is 1.98 bits per heavy atom. The van der Waals surface area contributed by atoms with E-state index in [1.54, 1.807) is 11.0 Å². The Morgan fingerprint density at radius 1 is 1.22 bits per heavy atom. The molecule has 2 atom stereocenters. The predicted octanol–water partition coefficient (Wildman–Crippen LogP) is 1.32. The van der Waals surface area contributed by atoms with E-state index in [4.69, 9.17) is 10.5 Å². The molecule has 3 aromatic heterocycles. The van der Waals surface area contributed by atoms with Crippen LogP contribution in [0.2, 0.25) is 0 Å². The highest BCUT2D eigenvalue weighted by molar-refractivity contribution is 7.89. The number of alkyl halides is 3. The van der Waals surface area contributed by atoms with E-state index < -0.39 is 34.1 Å². The van der Waals surface area contributed by atoms with Crippen LogP contribution in [0.4, 0.5) is 19.0 Å². The number of fused-ring (bicyclic) bond motifs is 1. The van der Waals surface area contributed by atoms with Crippen molar-refractivity contribution in [3.8, 4) is 17.1 Å². The summed E-state index contributed by atoms with van der Waals surface area (Å²) in [6, 6.07) is 2.17. The van der Waals surface area contributed by atoms with Crippen LogP contribution >= 0.6 is 0 Å². The number of nitrogens with one attached hydrogen (secondary N) is 1. The van der Waals surface area contributed by atoms with Gasteiger partial charge in [0.05, 0.1) is 37.7 Å². The number of rotatable bonds is 9. The van der Waals surface area contributed by atoms with Gasteiger partial charge in [-0.05, 0) is 36.5 Å². The maximum absolute atomic E-state index is 14.9. The van der Waals surface area contributed by atoms with Crippen LogP contribution in [0.1, 0.15) is 28.8 Å². The molecule has 12 nitrogen and oxygen atoms in total. The Morgan fingerprint density at radius 3 is 2.66 bits per heavy atom. The third kappa shape index (κ3) is 5.42. The normalized spacial score (nSPS) is 23.0. The number of aromatic nitrogens is 4. The Kier molecular flexibility index (Phi) is 6.81. The number of hydrogen-bond donors (Lipinski definition) is 2. The third-order valence-corrected chi connectivity index (χ3v) is 9.60. The number of amides is 1. The molecule has 0 unspecified atom stereocenters. The largest absolute Gasteiger partial charge is 0.480 e. The van der Waals surface area contributed by atoms with Gasteiger partial charge < -0.3 is 15.8 Å². The molecule has 2 aliphatic heterocycles. The molecule has 0 aromatic carbocycles. The van der Waals surface area contributed by atoms with Gasteiger partial charge >= 0.3 is 0 Å². The van der Waals surface area contributed by atoms with Gasteiger partial charge in [0.15, 0.2) is 5.82 Å². The highest BCUT2D eigenvalue weighted by Crippen LogP contribution is 2.34. The number of methoxy groups -OCH3 is 1. The van der Waals surface area contributed by atoms with Crippen molar-refractivity contribution < 1.29 is 31.1 Å². The van der Waals surface area contributed by atoms with Gasteiger partial charge in [0, 0.05) is 31.4 Å². The van der Waals surface area contributed by atoms with Gasteiger partial charge in [-0.3, -0.25) is 9.69 Å². The van der Waals surface area contributed by atoms with Crippen LogP contribution in [-0.2, 0) is 16.6 Å². The molecule has 0 bridgehead atoms. The summed E-state index contributed by atoms with van der Waals surface area (Å²) in [6.07, 6.45) is 2.82. The van der Waals surface area contributed by atoms with E-state index in [-0.39, 0.29) is 61.7 Å². The second-order valence-corrected chi connectivity index (χ2v) is 12.9. The molecule has 1 aliphatic carbocycles. The molecule has 2 saturated heterocycles. The minimum Gasteiger partial charge on any atom is -0.480 e. The molecule has 3 N–H and O–H groups in total. The lowest BCUT2D eigenvalue weighted by Crippen LogP contribution is -2.55. The summed E-state index contributed by atoms with van der Waals surface area (Å²) in [5, 5.41) is 6.87. The number of nitrogen functional groups attached to an aromatic ring is 1. The highest BCUT2D eigenvalue weighted by Gasteiger charge is 2.44. The van der Waals surface area contributed by atoms with Crippen molar-refractivity contribution in [3.63, 3.8) is 0 Å². The van der Waals surface area contributed by atoms with E-state index in [0.717, 1.165) is 17.1 Å². The van der Waals surface area contributed by atoms with Crippen LogP contribution in [0.15, 0.2) is 24.7 Å². The molecule has 3 fully saturated rings. The molecule has 3 aromatic rings. The second kappa shape index (κ2) is 10.1. The van der Waals surface area contributed by atoms with E-state index in [9.17, 15) is 26.4 Å². The van der Waals surface area contributed by atoms with Crippen molar-refractivity contribution in [1.82, 2.24) is 34.1 Å². The fourth-order valence-corrected chi connectivity index (χ4v) is 7.27. The number of halogens is 3. The van der Waals surface area contributed by atoms with Crippen molar-refractivity contribution in [3.05, 3.63) is 35.8 Å². The van der Waals surface area contributed by atoms with E-state index in [1.807, 2.05) is 0 Å². The number of carbonyl (C=O) groups excluding carboxylic acids is 1. The Bertz CT molecular complexity index is 1610. The summed E-state index contributed by atoms with van der Waals surface area (Å²) in [6.45, 7) is -1.06. The van der Waals surface area contributed by atoms with Crippen molar-refractivity contribution in [2.75, 3.05) is 44.8 Å². The molecule has 16 heteroatoms. The van der Waals surface area contributed by atoms with Gasteiger partial charge in [-0.1, -0.05) is 0 Å². The summed E-state index contributed by atoms with van der Waals surface area (Å²) in [4.78, 5) is 23.2. The summed E-state index contributed by atoms with van der Waals surface area (Å²) >= 11 is 0. The third-order valence-electron chi connectivity index (χ3n) is 7.62. The zero-order chi connectivity index (χ0) is 29.1. The molecular weight excluding hydrogens is 565 g/mol. The number of nitrogens with two attached hydrogens (primary N) is 1. The van der Waals surface area contributed by atoms with Crippen LogP contribution in [0.25, 0.3) is 16.8 Å². The molecule has 5 heterocycles. The highest BCUT2D eigenvalue weighted by atomic mass is 32.2. The van der Waals surface area contributed by atoms with Crippen LogP contribution in [0.5, 0.6) is 5.88 Å². The van der Waals surface area contributed by atoms with E-state index in [2.05, 4.69) is 20.4 Å². The summed E-state index contributed by atoms with van der Waals surface area (Å²) < 4.78 is 74.9. The molecule has 6 rings (SSSR count). The summed E-state index contributed by atoms with van der Waals surface area (Å²) in [7, 11) is -2.29. The molecule has 1 saturated carbocycles. The van der Waals surface area contributed by atoms with Gasteiger partial charge in [-0.15, -0.1) is 0 Å². The van der Waals surface area contributed by atoms with Gasteiger partial charge in [0.2, 0.25) is 15.9 Å². The van der Waals surface area contributed by atoms with Crippen LogP contribution < -0.4 is 15.8 Å². The number of carbonyl (C=O) groups is 1. The zero-order valence-electron chi connectivity index (χ0n) is 22.1. The molecule has 3 aliphatic rings. The van der Waals surface area contributed by atoms with E-state index >= 15 is 0 Å². The first-order valence-corrected chi connectivity index (χ1v) is 14.7. The Labute approximate surface area is 233 Å². The maximum atomic E-state index is 14.9. The first kappa shape index (κ1) is 27.7. The molecule has 0 spiro atoms. The standard InChI is InChI=1S/C25H29F3N8O4S/c1-40-24-17(23(37)33-19-9-35(8-18(19)26)41(38,39)10-14-2-3-14)4-15(6-30-24)20-5-16(7-34-11-25(27,28)12-34)21-22(29)31-13-32-36(20)21/h4-6,13-14,18-19H,2-3,7-12H2,1H3,(H,33,37)(H2,29,31,32)/t18-,19+/m0/s1. The number of anilines is 1. The smallest absolute Gasteiger partial charge is 0.272 e. The van der Waals surface area contributed by atoms with Gasteiger partial charge in [-0.2, -0.15) is 9.40 Å². The molecular formula is C25H29F3N8O4S. The monoisotopic (exact) mass is 594 g/mol. The van der Waals surface area contributed by atoms with Gasteiger partial charge in [0.25, 0.3) is 11.8 Å². The lowest BCUT2D eigenvalue weighted by Gasteiger charge is -2.38.